The minimum Gasteiger partial charge on any atom is -0.361 e. The van der Waals surface area contributed by atoms with Crippen molar-refractivity contribution >= 4 is 5.96 Å². The van der Waals surface area contributed by atoms with Gasteiger partial charge < -0.3 is 15.2 Å². The van der Waals surface area contributed by atoms with Crippen LogP contribution in [0.3, 0.4) is 0 Å². The van der Waals surface area contributed by atoms with Gasteiger partial charge in [0.2, 0.25) is 0 Å². The molecule has 24 heavy (non-hydrogen) atoms. The third-order valence-corrected chi connectivity index (χ3v) is 4.74. The Morgan fingerprint density at radius 3 is 2.79 bits per heavy atom. The van der Waals surface area contributed by atoms with Gasteiger partial charge in [-0.3, -0.25) is 4.99 Å². The normalized spacial score (nSPS) is 16.5. The molecule has 2 N–H and O–H groups in total. The SMILES string of the molecule is CCc1noc(CC)c1CNC(=NC)NCC1Cc2ccccc21. The van der Waals surface area contributed by atoms with Crippen LogP contribution < -0.4 is 10.6 Å². The summed E-state index contributed by atoms with van der Waals surface area (Å²) in [6, 6.07) is 8.66. The fraction of sp³-hybridized carbons (Fsp3) is 0.474. The lowest BCUT2D eigenvalue weighted by molar-refractivity contribution is 0.380. The number of fused-ring (bicyclic) bond motifs is 1. The maximum absolute atomic E-state index is 5.42. The highest BCUT2D eigenvalue weighted by molar-refractivity contribution is 5.79. The van der Waals surface area contributed by atoms with Crippen LogP contribution in [0.5, 0.6) is 0 Å². The molecule has 1 aromatic carbocycles. The quantitative estimate of drug-likeness (QED) is 0.633. The van der Waals surface area contributed by atoms with Gasteiger partial charge in [-0.2, -0.15) is 0 Å². The lowest BCUT2D eigenvalue weighted by Crippen LogP contribution is -2.41. The summed E-state index contributed by atoms with van der Waals surface area (Å²) < 4.78 is 5.42. The zero-order valence-electron chi connectivity index (χ0n) is 14.7. The molecule has 1 unspecified atom stereocenters. The van der Waals surface area contributed by atoms with Crippen molar-refractivity contribution in [2.24, 2.45) is 4.99 Å². The van der Waals surface area contributed by atoms with Crippen LogP contribution in [-0.4, -0.2) is 24.7 Å². The second-order valence-electron chi connectivity index (χ2n) is 6.14. The van der Waals surface area contributed by atoms with Crippen LogP contribution in [0.4, 0.5) is 0 Å². The molecular weight excluding hydrogens is 300 g/mol. The third kappa shape index (κ3) is 3.30. The first-order valence-corrected chi connectivity index (χ1v) is 8.75. The van der Waals surface area contributed by atoms with Gasteiger partial charge in [-0.25, -0.2) is 0 Å². The van der Waals surface area contributed by atoms with Gasteiger partial charge in [0.1, 0.15) is 5.76 Å². The number of aliphatic imine (C=N–C) groups is 1. The van der Waals surface area contributed by atoms with Crippen molar-refractivity contribution in [2.45, 2.75) is 45.6 Å². The number of aromatic nitrogens is 1. The zero-order valence-corrected chi connectivity index (χ0v) is 14.7. The van der Waals surface area contributed by atoms with Gasteiger partial charge in [0.05, 0.1) is 5.69 Å². The van der Waals surface area contributed by atoms with Gasteiger partial charge in [0.15, 0.2) is 5.96 Å². The maximum atomic E-state index is 5.42. The molecular formula is C19H26N4O. The number of hydrogen-bond acceptors (Lipinski definition) is 3. The van der Waals surface area contributed by atoms with Gasteiger partial charge in [-0.05, 0) is 24.0 Å². The first-order chi connectivity index (χ1) is 11.8. The fourth-order valence-corrected chi connectivity index (χ4v) is 3.30. The highest BCUT2D eigenvalue weighted by atomic mass is 16.5. The number of guanidine groups is 1. The van der Waals surface area contributed by atoms with E-state index in [1.807, 2.05) is 0 Å². The third-order valence-electron chi connectivity index (χ3n) is 4.74. The van der Waals surface area contributed by atoms with Gasteiger partial charge in [-0.15, -0.1) is 0 Å². The summed E-state index contributed by atoms with van der Waals surface area (Å²) in [5, 5.41) is 11.0. The van der Waals surface area contributed by atoms with Crippen LogP contribution in [0.25, 0.3) is 0 Å². The molecule has 2 aromatic rings. The molecule has 3 rings (SSSR count). The van der Waals surface area contributed by atoms with E-state index in [1.165, 1.54) is 11.1 Å². The predicted octanol–water partition coefficient (Wildman–Crippen LogP) is 2.80. The number of nitrogens with one attached hydrogen (secondary N) is 2. The molecule has 0 saturated heterocycles. The molecule has 1 heterocycles. The standard InChI is InChI=1S/C19H26N4O/c1-4-17-16(18(5-2)24-23-17)12-22-19(20-3)21-11-14-10-13-8-6-7-9-15(13)14/h6-9,14H,4-5,10-12H2,1-3H3,(H2,20,21,22). The second-order valence-corrected chi connectivity index (χ2v) is 6.14. The van der Waals surface area contributed by atoms with Crippen molar-refractivity contribution in [2.75, 3.05) is 13.6 Å². The Labute approximate surface area is 143 Å². The molecule has 0 radical (unpaired) electrons. The molecule has 1 aliphatic rings. The summed E-state index contributed by atoms with van der Waals surface area (Å²) in [5.74, 6) is 2.36. The van der Waals surface area contributed by atoms with Crippen molar-refractivity contribution in [3.8, 4) is 0 Å². The Hall–Kier alpha value is -2.30. The van der Waals surface area contributed by atoms with E-state index in [1.54, 1.807) is 7.05 Å². The highest BCUT2D eigenvalue weighted by Gasteiger charge is 2.25. The predicted molar refractivity (Wildman–Crippen MR) is 96.3 cm³/mol. The van der Waals surface area contributed by atoms with Crippen molar-refractivity contribution in [3.63, 3.8) is 0 Å². The monoisotopic (exact) mass is 326 g/mol. The van der Waals surface area contributed by atoms with Crippen molar-refractivity contribution < 1.29 is 4.52 Å². The summed E-state index contributed by atoms with van der Waals surface area (Å²) >= 11 is 0. The Balaban J connectivity index is 1.54. The summed E-state index contributed by atoms with van der Waals surface area (Å²) in [6.45, 7) is 5.78. The van der Waals surface area contributed by atoms with Crippen LogP contribution in [-0.2, 0) is 25.8 Å². The number of nitrogens with zero attached hydrogens (tertiary/aromatic N) is 2. The second kappa shape index (κ2) is 7.51. The maximum Gasteiger partial charge on any atom is 0.191 e. The van der Waals surface area contributed by atoms with Gasteiger partial charge in [0, 0.05) is 38.0 Å². The van der Waals surface area contributed by atoms with Crippen LogP contribution >= 0.6 is 0 Å². The van der Waals surface area contributed by atoms with Crippen LogP contribution in [0, 0.1) is 0 Å². The molecule has 0 saturated carbocycles. The molecule has 0 spiro atoms. The summed E-state index contributed by atoms with van der Waals surface area (Å²) in [4.78, 5) is 4.33. The average molecular weight is 326 g/mol. The Morgan fingerprint density at radius 2 is 2.08 bits per heavy atom. The summed E-state index contributed by atoms with van der Waals surface area (Å²) in [7, 11) is 1.80. The molecule has 5 nitrogen and oxygen atoms in total. The Morgan fingerprint density at radius 1 is 1.25 bits per heavy atom. The van der Waals surface area contributed by atoms with E-state index < -0.39 is 0 Å². The van der Waals surface area contributed by atoms with E-state index in [-0.39, 0.29) is 0 Å². The molecule has 0 aliphatic heterocycles. The lowest BCUT2D eigenvalue weighted by Gasteiger charge is -2.30. The van der Waals surface area contributed by atoms with E-state index in [2.05, 4.69) is 58.9 Å². The van der Waals surface area contributed by atoms with Gasteiger partial charge >= 0.3 is 0 Å². The molecule has 1 aliphatic carbocycles. The molecule has 128 valence electrons. The zero-order chi connectivity index (χ0) is 16.9. The number of aryl methyl sites for hydroxylation is 2. The van der Waals surface area contributed by atoms with Crippen LogP contribution in [0.15, 0.2) is 33.8 Å². The van der Waals surface area contributed by atoms with E-state index in [9.17, 15) is 0 Å². The molecule has 5 heteroatoms. The number of rotatable bonds is 6. The lowest BCUT2D eigenvalue weighted by atomic mass is 9.78. The number of hydrogen-bond donors (Lipinski definition) is 2. The first-order valence-electron chi connectivity index (χ1n) is 8.75. The summed E-state index contributed by atoms with van der Waals surface area (Å²) in [5.41, 5.74) is 5.12. The molecule has 1 aromatic heterocycles. The molecule has 0 amide bonds. The van der Waals surface area contributed by atoms with E-state index in [0.29, 0.717) is 12.5 Å². The fourth-order valence-electron chi connectivity index (χ4n) is 3.30. The van der Waals surface area contributed by atoms with Crippen LogP contribution in [0.2, 0.25) is 0 Å². The van der Waals surface area contributed by atoms with Crippen molar-refractivity contribution in [1.82, 2.24) is 15.8 Å². The minimum absolute atomic E-state index is 0.577. The first kappa shape index (κ1) is 16.6. The van der Waals surface area contributed by atoms with E-state index >= 15 is 0 Å². The van der Waals surface area contributed by atoms with Gasteiger partial charge in [-0.1, -0.05) is 43.3 Å². The topological polar surface area (TPSA) is 62.5 Å². The smallest absolute Gasteiger partial charge is 0.191 e. The average Bonchev–Trinajstić information content (AvgIpc) is 3.00. The largest absolute Gasteiger partial charge is 0.361 e. The minimum atomic E-state index is 0.577. The van der Waals surface area contributed by atoms with Crippen molar-refractivity contribution in [1.29, 1.82) is 0 Å². The highest BCUT2D eigenvalue weighted by Crippen LogP contribution is 2.33. The van der Waals surface area contributed by atoms with Crippen LogP contribution in [0.1, 0.15) is 47.9 Å². The van der Waals surface area contributed by atoms with Gasteiger partial charge in [0.25, 0.3) is 0 Å². The van der Waals surface area contributed by atoms with E-state index in [4.69, 9.17) is 4.52 Å². The number of benzene rings is 1. The van der Waals surface area contributed by atoms with Crippen molar-refractivity contribution in [3.05, 3.63) is 52.4 Å². The molecule has 0 fully saturated rings. The Bertz CT molecular complexity index is 698. The van der Waals surface area contributed by atoms with E-state index in [0.717, 1.165) is 48.8 Å². The molecule has 0 bridgehead atoms. The summed E-state index contributed by atoms with van der Waals surface area (Å²) in [6.07, 6.45) is 2.88. The Kier molecular flexibility index (Phi) is 5.18. The molecule has 1 atom stereocenters.